The normalized spacial score (nSPS) is 10.3. The van der Waals surface area contributed by atoms with E-state index in [0.29, 0.717) is 5.69 Å². The number of carbonyl (C=O) groups excluding carboxylic acids is 1. The van der Waals surface area contributed by atoms with E-state index >= 15 is 0 Å². The van der Waals surface area contributed by atoms with Gasteiger partial charge in [-0.3, -0.25) is 4.79 Å². The molecule has 0 saturated carbocycles. The van der Waals surface area contributed by atoms with Crippen molar-refractivity contribution in [3.05, 3.63) is 51.5 Å². The third-order valence-corrected chi connectivity index (χ3v) is 4.19. The average molecular weight is 336 g/mol. The molecular weight excluding hydrogens is 322 g/mol. The van der Waals surface area contributed by atoms with Crippen LogP contribution in [0.2, 0.25) is 0 Å². The third-order valence-electron chi connectivity index (χ3n) is 2.94. The van der Waals surface area contributed by atoms with Crippen molar-refractivity contribution in [2.75, 3.05) is 5.32 Å². The lowest BCUT2D eigenvalue weighted by molar-refractivity contribution is 0.102. The zero-order valence-electron chi connectivity index (χ0n) is 11.1. The van der Waals surface area contributed by atoms with Gasteiger partial charge in [-0.05, 0) is 49.2 Å². The number of anilines is 1. The Bertz CT molecular complexity index is 640. The van der Waals surface area contributed by atoms with Crippen molar-refractivity contribution in [2.45, 2.75) is 13.8 Å². The summed E-state index contributed by atoms with van der Waals surface area (Å²) in [6.45, 7) is 3.84. The smallest absolute Gasteiger partial charge is 0.263 e. The van der Waals surface area contributed by atoms with E-state index in [2.05, 4.69) is 21.2 Å². The standard InChI is InChI=1S/C15H14BrNO3/c1-8-6-10(7-9(2)14(8)16)17-15(20)13-11(18)4-3-5-12(13)19/h3-7,18-19H,1-2H3,(H,17,20). The minimum Gasteiger partial charge on any atom is -0.507 e. The van der Waals surface area contributed by atoms with Gasteiger partial charge in [-0.2, -0.15) is 0 Å². The zero-order valence-corrected chi connectivity index (χ0v) is 12.7. The number of rotatable bonds is 2. The highest BCUT2D eigenvalue weighted by Crippen LogP contribution is 2.29. The van der Waals surface area contributed by atoms with Gasteiger partial charge >= 0.3 is 0 Å². The first-order valence-corrected chi connectivity index (χ1v) is 6.78. The maximum absolute atomic E-state index is 12.1. The van der Waals surface area contributed by atoms with Gasteiger partial charge in [-0.25, -0.2) is 0 Å². The number of benzene rings is 2. The Morgan fingerprint density at radius 2 is 1.60 bits per heavy atom. The van der Waals surface area contributed by atoms with E-state index in [1.807, 2.05) is 26.0 Å². The van der Waals surface area contributed by atoms with Crippen LogP contribution in [0.3, 0.4) is 0 Å². The summed E-state index contributed by atoms with van der Waals surface area (Å²) in [7, 11) is 0. The number of phenolic OH excluding ortho intramolecular Hbond substituents is 2. The number of aryl methyl sites for hydroxylation is 2. The highest BCUT2D eigenvalue weighted by molar-refractivity contribution is 9.10. The van der Waals surface area contributed by atoms with Crippen LogP contribution in [0.4, 0.5) is 5.69 Å². The summed E-state index contributed by atoms with van der Waals surface area (Å²) in [5, 5.41) is 22.0. The van der Waals surface area contributed by atoms with Crippen LogP contribution in [-0.4, -0.2) is 16.1 Å². The van der Waals surface area contributed by atoms with E-state index in [4.69, 9.17) is 0 Å². The van der Waals surface area contributed by atoms with E-state index in [1.54, 1.807) is 0 Å². The highest BCUT2D eigenvalue weighted by atomic mass is 79.9. The number of nitrogens with one attached hydrogen (secondary N) is 1. The predicted octanol–water partition coefficient (Wildman–Crippen LogP) is 3.73. The second-order valence-electron chi connectivity index (χ2n) is 4.55. The van der Waals surface area contributed by atoms with Gasteiger partial charge in [0, 0.05) is 10.2 Å². The monoisotopic (exact) mass is 335 g/mol. The summed E-state index contributed by atoms with van der Waals surface area (Å²) in [4.78, 5) is 12.1. The molecule has 0 aliphatic heterocycles. The summed E-state index contributed by atoms with van der Waals surface area (Å²) >= 11 is 3.45. The lowest BCUT2D eigenvalue weighted by Crippen LogP contribution is -2.12. The Morgan fingerprint density at radius 1 is 1.10 bits per heavy atom. The Balaban J connectivity index is 2.33. The van der Waals surface area contributed by atoms with Crippen LogP contribution in [0.5, 0.6) is 11.5 Å². The molecular formula is C15H14BrNO3. The molecule has 0 heterocycles. The molecule has 2 aromatic carbocycles. The van der Waals surface area contributed by atoms with E-state index < -0.39 is 5.91 Å². The largest absolute Gasteiger partial charge is 0.507 e. The first-order chi connectivity index (χ1) is 9.40. The molecule has 0 aliphatic carbocycles. The molecule has 0 spiro atoms. The summed E-state index contributed by atoms with van der Waals surface area (Å²) in [6.07, 6.45) is 0. The molecule has 5 heteroatoms. The molecule has 0 bridgehead atoms. The molecule has 3 N–H and O–H groups in total. The Morgan fingerprint density at radius 3 is 2.10 bits per heavy atom. The predicted molar refractivity (Wildman–Crippen MR) is 81.3 cm³/mol. The number of hydrogen-bond acceptors (Lipinski definition) is 3. The molecule has 0 aliphatic rings. The maximum Gasteiger partial charge on any atom is 0.263 e. The molecule has 4 nitrogen and oxygen atoms in total. The number of halogens is 1. The van der Waals surface area contributed by atoms with Crippen molar-refractivity contribution >= 4 is 27.5 Å². The minimum atomic E-state index is -0.554. The molecule has 0 unspecified atom stereocenters. The number of phenols is 2. The summed E-state index contributed by atoms with van der Waals surface area (Å²) in [5.74, 6) is -1.07. The highest BCUT2D eigenvalue weighted by Gasteiger charge is 2.16. The van der Waals surface area contributed by atoms with E-state index in [0.717, 1.165) is 15.6 Å². The SMILES string of the molecule is Cc1cc(NC(=O)c2c(O)cccc2O)cc(C)c1Br. The van der Waals surface area contributed by atoms with Crippen LogP contribution in [0.25, 0.3) is 0 Å². The molecule has 104 valence electrons. The van der Waals surface area contributed by atoms with Crippen molar-refractivity contribution in [1.29, 1.82) is 0 Å². The maximum atomic E-state index is 12.1. The van der Waals surface area contributed by atoms with Gasteiger partial charge in [0.15, 0.2) is 0 Å². The zero-order chi connectivity index (χ0) is 14.9. The van der Waals surface area contributed by atoms with Crippen LogP contribution in [0.15, 0.2) is 34.8 Å². The molecule has 1 amide bonds. The quantitative estimate of drug-likeness (QED) is 0.783. The molecule has 0 radical (unpaired) electrons. The third kappa shape index (κ3) is 2.77. The Labute approximate surface area is 125 Å². The fraction of sp³-hybridized carbons (Fsp3) is 0.133. The number of carbonyl (C=O) groups is 1. The van der Waals surface area contributed by atoms with Crippen molar-refractivity contribution in [1.82, 2.24) is 0 Å². The van der Waals surface area contributed by atoms with Crippen molar-refractivity contribution in [3.63, 3.8) is 0 Å². The average Bonchev–Trinajstić information content (AvgIpc) is 2.35. The van der Waals surface area contributed by atoms with Gasteiger partial charge in [0.25, 0.3) is 5.91 Å². The van der Waals surface area contributed by atoms with Gasteiger partial charge in [-0.15, -0.1) is 0 Å². The van der Waals surface area contributed by atoms with Crippen molar-refractivity contribution < 1.29 is 15.0 Å². The molecule has 2 rings (SSSR count). The van der Waals surface area contributed by atoms with E-state index in [1.165, 1.54) is 18.2 Å². The van der Waals surface area contributed by atoms with Crippen LogP contribution in [0, 0.1) is 13.8 Å². The molecule has 0 atom stereocenters. The van der Waals surface area contributed by atoms with Gasteiger partial charge in [0.05, 0.1) is 0 Å². The second kappa shape index (κ2) is 5.54. The van der Waals surface area contributed by atoms with Crippen LogP contribution in [0.1, 0.15) is 21.5 Å². The molecule has 20 heavy (non-hydrogen) atoms. The molecule has 0 fully saturated rings. The van der Waals surface area contributed by atoms with Crippen molar-refractivity contribution in [2.24, 2.45) is 0 Å². The Kier molecular flexibility index (Phi) is 3.99. The van der Waals surface area contributed by atoms with Crippen LogP contribution in [-0.2, 0) is 0 Å². The van der Waals surface area contributed by atoms with Crippen LogP contribution < -0.4 is 5.32 Å². The fourth-order valence-corrected chi connectivity index (χ4v) is 2.20. The fourth-order valence-electron chi connectivity index (χ4n) is 1.97. The van der Waals surface area contributed by atoms with Gasteiger partial charge < -0.3 is 15.5 Å². The molecule has 0 saturated heterocycles. The number of amides is 1. The van der Waals surface area contributed by atoms with Gasteiger partial charge in [0.2, 0.25) is 0 Å². The summed E-state index contributed by atoms with van der Waals surface area (Å²) in [5.41, 5.74) is 2.45. The Hall–Kier alpha value is -2.01. The summed E-state index contributed by atoms with van der Waals surface area (Å²) in [6, 6.07) is 7.80. The minimum absolute atomic E-state index is 0.134. The summed E-state index contributed by atoms with van der Waals surface area (Å²) < 4.78 is 0.987. The van der Waals surface area contributed by atoms with Gasteiger partial charge in [-0.1, -0.05) is 22.0 Å². The van der Waals surface area contributed by atoms with E-state index in [-0.39, 0.29) is 17.1 Å². The van der Waals surface area contributed by atoms with E-state index in [9.17, 15) is 15.0 Å². The molecule has 2 aromatic rings. The van der Waals surface area contributed by atoms with Crippen LogP contribution >= 0.6 is 15.9 Å². The topological polar surface area (TPSA) is 69.6 Å². The number of hydrogen-bond donors (Lipinski definition) is 3. The van der Waals surface area contributed by atoms with Crippen molar-refractivity contribution in [3.8, 4) is 11.5 Å². The first kappa shape index (κ1) is 14.4. The lowest BCUT2D eigenvalue weighted by Gasteiger charge is -2.11. The first-order valence-electron chi connectivity index (χ1n) is 5.99. The molecule has 0 aromatic heterocycles. The van der Waals surface area contributed by atoms with Gasteiger partial charge in [0.1, 0.15) is 17.1 Å². The number of aromatic hydroxyl groups is 2. The lowest BCUT2D eigenvalue weighted by atomic mass is 10.1. The second-order valence-corrected chi connectivity index (χ2v) is 5.34.